The lowest BCUT2D eigenvalue weighted by atomic mass is 9.73. The predicted octanol–water partition coefficient (Wildman–Crippen LogP) is 5.11. The fourth-order valence-electron chi connectivity index (χ4n) is 4.50. The lowest BCUT2D eigenvalue weighted by molar-refractivity contribution is -0.117. The highest BCUT2D eigenvalue weighted by molar-refractivity contribution is 6.25. The number of benzene rings is 1. The van der Waals surface area contributed by atoms with Crippen molar-refractivity contribution < 1.29 is 24.0 Å². The smallest absolute Gasteiger partial charge is 0.168 e. The Hall–Kier alpha value is -3.22. The number of methoxy groups -OCH3 is 1. The predicted molar refractivity (Wildman–Crippen MR) is 120 cm³/mol. The van der Waals surface area contributed by atoms with Gasteiger partial charge in [0.05, 0.1) is 29.7 Å². The molecule has 0 atom stereocenters. The van der Waals surface area contributed by atoms with Crippen LogP contribution in [0.2, 0.25) is 0 Å². The van der Waals surface area contributed by atoms with Crippen LogP contribution in [-0.2, 0) is 17.6 Å². The molecule has 0 amide bonds. The number of carbonyl (C=O) groups excluding carboxylic acids is 2. The average Bonchev–Trinajstić information content (AvgIpc) is 3.16. The summed E-state index contributed by atoms with van der Waals surface area (Å²) >= 11 is 0. The third kappa shape index (κ3) is 4.38. The van der Waals surface area contributed by atoms with Gasteiger partial charge in [-0.1, -0.05) is 31.1 Å². The van der Waals surface area contributed by atoms with Crippen molar-refractivity contribution in [3.63, 3.8) is 0 Å². The van der Waals surface area contributed by atoms with E-state index in [-0.39, 0.29) is 34.7 Å². The molecule has 2 aromatic rings. The Morgan fingerprint density at radius 2 is 1.97 bits per heavy atom. The topological polar surface area (TPSA) is 102 Å². The SMILES string of the molecule is COc1ccccc1N=C1CC(C)(C)CC(=O)C1=C(O)CCc1noc2c1C(=O)CCC2. The molecule has 32 heavy (non-hydrogen) atoms. The van der Waals surface area contributed by atoms with Gasteiger partial charge in [-0.05, 0) is 30.4 Å². The number of aliphatic hydroxyl groups is 1. The summed E-state index contributed by atoms with van der Waals surface area (Å²) in [7, 11) is 1.57. The van der Waals surface area contributed by atoms with E-state index in [1.807, 2.05) is 38.1 Å². The number of ether oxygens (including phenoxy) is 1. The molecule has 1 aromatic heterocycles. The van der Waals surface area contributed by atoms with Crippen LogP contribution in [0.25, 0.3) is 0 Å². The number of allylic oxidation sites excluding steroid dienone is 2. The average molecular weight is 437 g/mol. The fraction of sp³-hybridized carbons (Fsp3) is 0.440. The normalized spacial score (nSPS) is 20.9. The molecule has 0 aliphatic heterocycles. The van der Waals surface area contributed by atoms with Crippen LogP contribution in [-0.4, -0.2) is 34.7 Å². The van der Waals surface area contributed by atoms with E-state index in [0.717, 1.165) is 6.42 Å². The van der Waals surface area contributed by atoms with Crippen LogP contribution in [0, 0.1) is 5.41 Å². The van der Waals surface area contributed by atoms with Gasteiger partial charge in [-0.15, -0.1) is 0 Å². The Bertz CT molecular complexity index is 1120. The molecule has 1 aromatic carbocycles. The van der Waals surface area contributed by atoms with Crippen LogP contribution in [0.5, 0.6) is 5.75 Å². The van der Waals surface area contributed by atoms with Crippen LogP contribution in [0.3, 0.4) is 0 Å². The Labute approximate surface area is 187 Å². The number of fused-ring (bicyclic) bond motifs is 1. The van der Waals surface area contributed by atoms with Crippen LogP contribution < -0.4 is 4.74 Å². The Morgan fingerprint density at radius 3 is 2.75 bits per heavy atom. The van der Waals surface area contributed by atoms with Gasteiger partial charge in [-0.3, -0.25) is 9.59 Å². The van der Waals surface area contributed by atoms with Gasteiger partial charge < -0.3 is 14.4 Å². The van der Waals surface area contributed by atoms with Gasteiger partial charge in [0.25, 0.3) is 0 Å². The van der Waals surface area contributed by atoms with E-state index in [2.05, 4.69) is 5.16 Å². The number of rotatable bonds is 5. The Kier molecular flexibility index (Phi) is 6.00. The highest BCUT2D eigenvalue weighted by Crippen LogP contribution is 2.38. The molecular weight excluding hydrogens is 408 g/mol. The number of para-hydroxylation sites is 2. The van der Waals surface area contributed by atoms with Crippen LogP contribution in [0.1, 0.15) is 67.8 Å². The molecule has 1 saturated carbocycles. The van der Waals surface area contributed by atoms with Crippen molar-refractivity contribution in [3.05, 3.63) is 52.6 Å². The van der Waals surface area contributed by atoms with Gasteiger partial charge in [0.15, 0.2) is 11.6 Å². The molecule has 1 heterocycles. The molecule has 0 bridgehead atoms. The van der Waals surface area contributed by atoms with Crippen LogP contribution >= 0.6 is 0 Å². The summed E-state index contributed by atoms with van der Waals surface area (Å²) in [5, 5.41) is 15.0. The van der Waals surface area contributed by atoms with E-state index in [4.69, 9.17) is 14.3 Å². The number of ketones is 2. The summed E-state index contributed by atoms with van der Waals surface area (Å²) < 4.78 is 10.7. The number of nitrogens with zero attached hydrogens (tertiary/aromatic N) is 2. The third-order valence-electron chi connectivity index (χ3n) is 6.00. The van der Waals surface area contributed by atoms with Gasteiger partial charge in [0.2, 0.25) is 0 Å². The lowest BCUT2D eigenvalue weighted by Gasteiger charge is -2.31. The van der Waals surface area contributed by atoms with Crippen molar-refractivity contribution in [2.45, 2.75) is 58.8 Å². The van der Waals surface area contributed by atoms with Crippen molar-refractivity contribution in [2.75, 3.05) is 7.11 Å². The number of hydrogen-bond donors (Lipinski definition) is 1. The van der Waals surface area contributed by atoms with Crippen molar-refractivity contribution in [1.82, 2.24) is 5.16 Å². The standard InChI is InChI=1S/C25H28N2O5/c1-25(2)13-17(26-15-7-4-5-9-21(15)31-3)23(20(30)14-25)19(29)12-11-16-24-18(28)8-6-10-22(24)32-27-16/h4-5,7,9,29H,6,8,10-14H2,1-3H3. The monoisotopic (exact) mass is 436 g/mol. The minimum atomic E-state index is -0.265. The first-order valence-electron chi connectivity index (χ1n) is 11.0. The molecule has 1 fully saturated rings. The quantitative estimate of drug-likeness (QED) is 0.516. The summed E-state index contributed by atoms with van der Waals surface area (Å²) in [6, 6.07) is 7.33. The summed E-state index contributed by atoms with van der Waals surface area (Å²) in [6.45, 7) is 4.04. The molecule has 0 unspecified atom stereocenters. The summed E-state index contributed by atoms with van der Waals surface area (Å²) in [5.41, 5.74) is 2.25. The third-order valence-corrected chi connectivity index (χ3v) is 6.00. The fourth-order valence-corrected chi connectivity index (χ4v) is 4.50. The van der Waals surface area contributed by atoms with E-state index in [1.165, 1.54) is 0 Å². The summed E-state index contributed by atoms with van der Waals surface area (Å²) in [6.07, 6.45) is 3.32. The molecule has 7 heteroatoms. The molecule has 0 radical (unpaired) electrons. The molecule has 1 N–H and O–H groups in total. The lowest BCUT2D eigenvalue weighted by Crippen LogP contribution is -2.32. The van der Waals surface area contributed by atoms with Crippen LogP contribution in [0.15, 0.2) is 45.1 Å². The van der Waals surface area contributed by atoms with Gasteiger partial charge in [0.1, 0.15) is 23.0 Å². The maximum Gasteiger partial charge on any atom is 0.168 e. The number of aliphatic imine (C=N–C) groups is 1. The summed E-state index contributed by atoms with van der Waals surface area (Å²) in [5.74, 6) is 1.09. The molecule has 2 aliphatic carbocycles. The first kappa shape index (κ1) is 22.0. The maximum atomic E-state index is 13.0. The number of aliphatic hydroxyl groups excluding tert-OH is 1. The largest absolute Gasteiger partial charge is 0.511 e. The van der Waals surface area contributed by atoms with Gasteiger partial charge >= 0.3 is 0 Å². The summed E-state index contributed by atoms with van der Waals surface area (Å²) in [4.78, 5) is 30.1. The number of hydrogen-bond acceptors (Lipinski definition) is 7. The second kappa shape index (κ2) is 8.73. The van der Waals surface area contributed by atoms with E-state index in [1.54, 1.807) is 7.11 Å². The van der Waals surface area contributed by atoms with Crippen molar-refractivity contribution in [2.24, 2.45) is 10.4 Å². The maximum absolute atomic E-state index is 13.0. The van der Waals surface area contributed by atoms with Gasteiger partial charge in [-0.2, -0.15) is 0 Å². The second-order valence-corrected chi connectivity index (χ2v) is 9.20. The number of carbonyl (C=O) groups is 2. The first-order valence-corrected chi connectivity index (χ1v) is 11.0. The molecule has 168 valence electrons. The number of aryl methyl sites for hydroxylation is 2. The molecule has 0 saturated heterocycles. The van der Waals surface area contributed by atoms with Crippen molar-refractivity contribution in [3.8, 4) is 5.75 Å². The molecule has 7 nitrogen and oxygen atoms in total. The van der Waals surface area contributed by atoms with Crippen molar-refractivity contribution in [1.29, 1.82) is 0 Å². The number of aromatic nitrogens is 1. The second-order valence-electron chi connectivity index (χ2n) is 9.20. The Morgan fingerprint density at radius 1 is 1.19 bits per heavy atom. The zero-order chi connectivity index (χ0) is 22.9. The molecule has 0 spiro atoms. The van der Waals surface area contributed by atoms with Crippen molar-refractivity contribution >= 4 is 23.0 Å². The van der Waals surface area contributed by atoms with E-state index in [9.17, 15) is 14.7 Å². The minimum Gasteiger partial charge on any atom is -0.511 e. The Balaban J connectivity index is 1.67. The zero-order valence-corrected chi connectivity index (χ0v) is 18.7. The van der Waals surface area contributed by atoms with E-state index < -0.39 is 0 Å². The highest BCUT2D eigenvalue weighted by Gasteiger charge is 2.36. The highest BCUT2D eigenvalue weighted by atomic mass is 16.5. The molecule has 4 rings (SSSR count). The van der Waals surface area contributed by atoms with Crippen LogP contribution in [0.4, 0.5) is 5.69 Å². The first-order chi connectivity index (χ1) is 15.3. The zero-order valence-electron chi connectivity index (χ0n) is 18.7. The van der Waals surface area contributed by atoms with Gasteiger partial charge in [0, 0.05) is 32.1 Å². The minimum absolute atomic E-state index is 0.0286. The number of Topliss-reactive ketones (excluding diaryl/α,β-unsaturated/α-hetero) is 2. The molecule has 2 aliphatic rings. The van der Waals surface area contributed by atoms with E-state index in [0.29, 0.717) is 66.3 Å². The van der Waals surface area contributed by atoms with Gasteiger partial charge in [-0.25, -0.2) is 4.99 Å². The van der Waals surface area contributed by atoms with E-state index >= 15 is 0 Å². The molecular formula is C25H28N2O5.